The van der Waals surface area contributed by atoms with E-state index in [0.29, 0.717) is 12.5 Å². The van der Waals surface area contributed by atoms with E-state index in [9.17, 15) is 9.90 Å². The third-order valence-corrected chi connectivity index (χ3v) is 5.54. The van der Waals surface area contributed by atoms with Gasteiger partial charge in [0.2, 0.25) is 5.91 Å². The highest BCUT2D eigenvalue weighted by atomic mass is 16.3. The fourth-order valence-electron chi connectivity index (χ4n) is 3.91. The lowest BCUT2D eigenvalue weighted by atomic mass is 10.0. The van der Waals surface area contributed by atoms with Gasteiger partial charge in [0.15, 0.2) is 0 Å². The van der Waals surface area contributed by atoms with Crippen LogP contribution in [0, 0.1) is 0 Å². The number of H-pyrrole nitrogens is 1. The summed E-state index contributed by atoms with van der Waals surface area (Å²) in [6.07, 6.45) is 9.88. The van der Waals surface area contributed by atoms with Gasteiger partial charge in [0.25, 0.3) is 0 Å². The fraction of sp³-hybridized carbons (Fsp3) is 0.522. The van der Waals surface area contributed by atoms with E-state index in [1.807, 2.05) is 26.2 Å². The van der Waals surface area contributed by atoms with Crippen LogP contribution in [0.4, 0.5) is 0 Å². The quantitative estimate of drug-likeness (QED) is 0.770. The molecule has 0 unspecified atom stereocenters. The van der Waals surface area contributed by atoms with Crippen molar-refractivity contribution in [2.24, 2.45) is 0 Å². The van der Waals surface area contributed by atoms with Crippen LogP contribution >= 0.6 is 0 Å². The second kappa shape index (κ2) is 8.50. The zero-order valence-corrected chi connectivity index (χ0v) is 17.5. The molecule has 0 aliphatic carbocycles. The summed E-state index contributed by atoms with van der Waals surface area (Å²) in [4.78, 5) is 19.5. The van der Waals surface area contributed by atoms with Crippen LogP contribution < -0.4 is 0 Å². The molecule has 28 heavy (non-hydrogen) atoms. The van der Waals surface area contributed by atoms with Gasteiger partial charge in [-0.25, -0.2) is 0 Å². The summed E-state index contributed by atoms with van der Waals surface area (Å²) in [5.74, 6) is 0.195. The van der Waals surface area contributed by atoms with Crippen molar-refractivity contribution in [1.82, 2.24) is 14.8 Å². The van der Waals surface area contributed by atoms with E-state index in [0.717, 1.165) is 30.6 Å². The third kappa shape index (κ3) is 5.24. The molecule has 152 valence electrons. The number of nitrogens with one attached hydrogen (secondary N) is 1. The molecule has 5 heteroatoms. The molecule has 1 amide bonds. The van der Waals surface area contributed by atoms with Gasteiger partial charge in [-0.15, -0.1) is 0 Å². The van der Waals surface area contributed by atoms with Gasteiger partial charge in [0, 0.05) is 50.2 Å². The molecule has 1 aromatic carbocycles. The highest BCUT2D eigenvalue weighted by Crippen LogP contribution is 2.27. The Morgan fingerprint density at radius 1 is 1.39 bits per heavy atom. The Morgan fingerprint density at radius 3 is 2.89 bits per heavy atom. The number of carbonyl (C=O) groups excluding carboxylic acids is 1. The molecule has 1 fully saturated rings. The molecule has 0 radical (unpaired) electrons. The standard InChI is InChI=1S/C23H33N3O2/c1-23(2,28)11-9-17-7-8-21-20(14-17)18(16-24-21)15-19-6-5-12-26(19)13-10-22(27)25(3)4/h7-9,11,14,16,19,24,28H,5-6,10,12-13,15H2,1-4H3/b11-9+/t19-/m1/s1. The molecule has 1 saturated heterocycles. The molecule has 1 aliphatic rings. The highest BCUT2D eigenvalue weighted by molar-refractivity contribution is 5.85. The van der Waals surface area contributed by atoms with E-state index in [1.165, 1.54) is 23.8 Å². The van der Waals surface area contributed by atoms with Crippen LogP contribution in [0.5, 0.6) is 0 Å². The number of nitrogens with zero attached hydrogens (tertiary/aromatic N) is 2. The topological polar surface area (TPSA) is 59.6 Å². The van der Waals surface area contributed by atoms with Crippen molar-refractivity contribution in [2.45, 2.75) is 51.2 Å². The molecule has 0 spiro atoms. The van der Waals surface area contributed by atoms with E-state index in [-0.39, 0.29) is 5.91 Å². The monoisotopic (exact) mass is 383 g/mol. The molecule has 1 aliphatic heterocycles. The normalized spacial score (nSPS) is 18.4. The number of aromatic nitrogens is 1. The first-order chi connectivity index (χ1) is 13.2. The van der Waals surface area contributed by atoms with E-state index in [2.05, 4.69) is 34.3 Å². The van der Waals surface area contributed by atoms with Gasteiger partial charge in [0.05, 0.1) is 5.60 Å². The van der Waals surface area contributed by atoms with Crippen LogP contribution in [-0.4, -0.2) is 64.6 Å². The van der Waals surface area contributed by atoms with Crippen LogP contribution in [0.3, 0.4) is 0 Å². The summed E-state index contributed by atoms with van der Waals surface area (Å²) in [5, 5.41) is 11.2. The predicted molar refractivity (Wildman–Crippen MR) is 115 cm³/mol. The number of amides is 1. The van der Waals surface area contributed by atoms with E-state index in [1.54, 1.807) is 18.7 Å². The molecule has 0 saturated carbocycles. The van der Waals surface area contributed by atoms with Gasteiger partial charge in [-0.3, -0.25) is 9.69 Å². The van der Waals surface area contributed by atoms with E-state index >= 15 is 0 Å². The molecule has 3 rings (SSSR count). The van der Waals surface area contributed by atoms with Crippen LogP contribution in [0.2, 0.25) is 0 Å². The highest BCUT2D eigenvalue weighted by Gasteiger charge is 2.26. The third-order valence-electron chi connectivity index (χ3n) is 5.54. The first-order valence-corrected chi connectivity index (χ1v) is 10.2. The summed E-state index contributed by atoms with van der Waals surface area (Å²) >= 11 is 0. The Morgan fingerprint density at radius 2 is 2.18 bits per heavy atom. The smallest absolute Gasteiger partial charge is 0.223 e. The van der Waals surface area contributed by atoms with Gasteiger partial charge in [-0.2, -0.15) is 0 Å². The van der Waals surface area contributed by atoms with Gasteiger partial charge in [-0.05, 0) is 62.9 Å². The number of benzene rings is 1. The summed E-state index contributed by atoms with van der Waals surface area (Å²) < 4.78 is 0. The molecular weight excluding hydrogens is 350 g/mol. The molecule has 1 aromatic heterocycles. The lowest BCUT2D eigenvalue weighted by Crippen LogP contribution is -2.35. The lowest BCUT2D eigenvalue weighted by Gasteiger charge is -2.24. The maximum absolute atomic E-state index is 11.9. The van der Waals surface area contributed by atoms with Gasteiger partial charge < -0.3 is 15.0 Å². The number of rotatable bonds is 7. The molecule has 1 atom stereocenters. The zero-order valence-electron chi connectivity index (χ0n) is 17.5. The fourth-order valence-corrected chi connectivity index (χ4v) is 3.91. The van der Waals surface area contributed by atoms with Crippen molar-refractivity contribution in [2.75, 3.05) is 27.2 Å². The average molecular weight is 384 g/mol. The largest absolute Gasteiger partial charge is 0.386 e. The van der Waals surface area contributed by atoms with E-state index < -0.39 is 5.60 Å². The van der Waals surface area contributed by atoms with Crippen LogP contribution in [0.15, 0.2) is 30.5 Å². The lowest BCUT2D eigenvalue weighted by molar-refractivity contribution is -0.129. The van der Waals surface area contributed by atoms with Crippen LogP contribution in [-0.2, 0) is 11.2 Å². The summed E-state index contributed by atoms with van der Waals surface area (Å²) in [6.45, 7) is 5.47. The number of aromatic amines is 1. The Hall–Kier alpha value is -2.11. The Labute approximate surface area is 168 Å². The summed E-state index contributed by atoms with van der Waals surface area (Å²) in [5.41, 5.74) is 2.74. The van der Waals surface area contributed by atoms with Crippen molar-refractivity contribution in [3.8, 4) is 0 Å². The average Bonchev–Trinajstić information content (AvgIpc) is 3.24. The SMILES string of the molecule is CN(C)C(=O)CCN1CCC[C@@H]1Cc1c[nH]c2ccc(/C=C/C(C)(C)O)cc12. The van der Waals surface area contributed by atoms with E-state index in [4.69, 9.17) is 0 Å². The van der Waals surface area contributed by atoms with Crippen molar-refractivity contribution in [3.63, 3.8) is 0 Å². The second-order valence-corrected chi connectivity index (χ2v) is 8.68. The number of fused-ring (bicyclic) bond motifs is 1. The molecule has 2 heterocycles. The van der Waals surface area contributed by atoms with Gasteiger partial charge in [0.1, 0.15) is 0 Å². The van der Waals surface area contributed by atoms with Gasteiger partial charge in [-0.1, -0.05) is 18.2 Å². The van der Waals surface area contributed by atoms with Crippen molar-refractivity contribution in [3.05, 3.63) is 41.6 Å². The minimum Gasteiger partial charge on any atom is -0.386 e. The van der Waals surface area contributed by atoms with Crippen LogP contribution in [0.25, 0.3) is 17.0 Å². The number of likely N-dealkylation sites (tertiary alicyclic amines) is 1. The first kappa shape index (κ1) is 20.6. The molecule has 5 nitrogen and oxygen atoms in total. The zero-order chi connectivity index (χ0) is 20.3. The van der Waals surface area contributed by atoms with Gasteiger partial charge >= 0.3 is 0 Å². The Kier molecular flexibility index (Phi) is 6.26. The van der Waals surface area contributed by atoms with Crippen molar-refractivity contribution in [1.29, 1.82) is 0 Å². The number of hydrogen-bond donors (Lipinski definition) is 2. The Bertz CT molecular complexity index is 845. The number of hydrogen-bond acceptors (Lipinski definition) is 3. The Balaban J connectivity index is 1.72. The number of carbonyl (C=O) groups is 1. The maximum atomic E-state index is 11.9. The van der Waals surface area contributed by atoms with Crippen molar-refractivity contribution < 1.29 is 9.90 Å². The predicted octanol–water partition coefficient (Wildman–Crippen LogP) is 3.44. The first-order valence-electron chi connectivity index (χ1n) is 10.2. The minimum absolute atomic E-state index is 0.195. The molecule has 0 bridgehead atoms. The molecule has 2 aromatic rings. The minimum atomic E-state index is -0.815. The molecule has 2 N–H and O–H groups in total. The van der Waals surface area contributed by atoms with Crippen LogP contribution in [0.1, 0.15) is 44.2 Å². The van der Waals surface area contributed by atoms with Crippen molar-refractivity contribution >= 4 is 22.9 Å². The number of aliphatic hydroxyl groups is 1. The maximum Gasteiger partial charge on any atom is 0.223 e. The second-order valence-electron chi connectivity index (χ2n) is 8.68. The molecular formula is C23H33N3O2. The summed E-state index contributed by atoms with van der Waals surface area (Å²) in [6, 6.07) is 6.85. The summed E-state index contributed by atoms with van der Waals surface area (Å²) in [7, 11) is 3.64.